The number of aromatic amines is 1. The van der Waals surface area contributed by atoms with Crippen LogP contribution in [0, 0.1) is 0 Å². The Labute approximate surface area is 221 Å². The molecule has 0 radical (unpaired) electrons. The molecule has 0 spiro atoms. The van der Waals surface area contributed by atoms with Gasteiger partial charge in [-0.2, -0.15) is 0 Å². The minimum Gasteiger partial charge on any atom is -0.484 e. The first kappa shape index (κ1) is 25.7. The summed E-state index contributed by atoms with van der Waals surface area (Å²) in [4.78, 5) is 33.6. The summed E-state index contributed by atoms with van der Waals surface area (Å²) in [5.41, 5.74) is 7.63. The number of nitrogens with zero attached hydrogens (tertiary/aromatic N) is 5. The number of benzene rings is 1. The Balaban J connectivity index is 1.42. The van der Waals surface area contributed by atoms with Crippen molar-refractivity contribution >= 4 is 22.9 Å². The SMILES string of the molecule is CC(C)(O)[C@@]1(C)Cc2cc(NC(=O)C(=CN)c3ncccn3)c(N3CCN(Cc4cnc[nH]4)CC3)cc2O1. The summed E-state index contributed by atoms with van der Waals surface area (Å²) in [5.74, 6) is 0.561. The highest BCUT2D eigenvalue weighted by Crippen LogP contribution is 2.45. The van der Waals surface area contributed by atoms with Gasteiger partial charge in [0, 0.05) is 81.3 Å². The molecule has 38 heavy (non-hydrogen) atoms. The fourth-order valence-corrected chi connectivity index (χ4v) is 4.83. The summed E-state index contributed by atoms with van der Waals surface area (Å²) < 4.78 is 6.32. The van der Waals surface area contributed by atoms with Crippen molar-refractivity contribution in [2.45, 2.75) is 44.9 Å². The molecule has 2 aliphatic rings. The Morgan fingerprint density at radius 1 is 1.26 bits per heavy atom. The maximum Gasteiger partial charge on any atom is 0.261 e. The van der Waals surface area contributed by atoms with Crippen LogP contribution >= 0.6 is 0 Å². The van der Waals surface area contributed by atoms with Gasteiger partial charge in [0.15, 0.2) is 5.82 Å². The quantitative estimate of drug-likeness (QED) is 0.345. The summed E-state index contributed by atoms with van der Waals surface area (Å²) in [5, 5.41) is 13.8. The number of hydrogen-bond acceptors (Lipinski definition) is 9. The molecule has 1 fully saturated rings. The second kappa shape index (κ2) is 10.1. The van der Waals surface area contributed by atoms with Crippen LogP contribution in [0.15, 0.2) is 49.3 Å². The molecule has 0 bridgehead atoms. The zero-order chi connectivity index (χ0) is 26.9. The van der Waals surface area contributed by atoms with Crippen LogP contribution in [0.5, 0.6) is 5.75 Å². The smallest absolute Gasteiger partial charge is 0.261 e. The molecule has 0 saturated carbocycles. The number of H-pyrrole nitrogens is 1. The van der Waals surface area contributed by atoms with Crippen molar-refractivity contribution < 1.29 is 14.6 Å². The molecule has 5 N–H and O–H groups in total. The Morgan fingerprint density at radius 2 is 2.00 bits per heavy atom. The van der Waals surface area contributed by atoms with Gasteiger partial charge in [-0.15, -0.1) is 0 Å². The van der Waals surface area contributed by atoms with Crippen LogP contribution in [0.25, 0.3) is 5.57 Å². The lowest BCUT2D eigenvalue weighted by Crippen LogP contribution is -2.51. The van der Waals surface area contributed by atoms with Gasteiger partial charge in [0.05, 0.1) is 28.9 Å². The van der Waals surface area contributed by atoms with Crippen LogP contribution in [0.3, 0.4) is 0 Å². The van der Waals surface area contributed by atoms with Crippen molar-refractivity contribution in [1.29, 1.82) is 0 Å². The van der Waals surface area contributed by atoms with E-state index in [-0.39, 0.29) is 11.4 Å². The monoisotopic (exact) mass is 518 g/mol. The van der Waals surface area contributed by atoms with Gasteiger partial charge in [0.2, 0.25) is 0 Å². The average Bonchev–Trinajstić information content (AvgIpc) is 3.52. The van der Waals surface area contributed by atoms with E-state index in [1.165, 1.54) is 6.20 Å². The first-order chi connectivity index (χ1) is 18.2. The largest absolute Gasteiger partial charge is 0.484 e. The van der Waals surface area contributed by atoms with Crippen LogP contribution in [-0.2, 0) is 17.8 Å². The van der Waals surface area contributed by atoms with E-state index in [1.807, 2.05) is 25.3 Å². The fourth-order valence-electron chi connectivity index (χ4n) is 4.83. The van der Waals surface area contributed by atoms with E-state index in [2.05, 4.69) is 35.1 Å². The highest BCUT2D eigenvalue weighted by molar-refractivity contribution is 6.24. The number of piperazine rings is 1. The van der Waals surface area contributed by atoms with Crippen LogP contribution < -0.4 is 20.7 Å². The van der Waals surface area contributed by atoms with E-state index in [1.54, 1.807) is 38.6 Å². The molecule has 0 aliphatic carbocycles. The van der Waals surface area contributed by atoms with Crippen molar-refractivity contribution in [2.75, 3.05) is 36.4 Å². The number of ether oxygens (including phenoxy) is 1. The second-order valence-electron chi connectivity index (χ2n) is 10.5. The van der Waals surface area contributed by atoms with E-state index in [0.717, 1.165) is 49.7 Å². The van der Waals surface area contributed by atoms with Crippen LogP contribution in [-0.4, -0.2) is 73.2 Å². The highest BCUT2D eigenvalue weighted by atomic mass is 16.5. The fraction of sp³-hybridized carbons (Fsp3) is 0.407. The molecule has 200 valence electrons. The number of carbonyl (C=O) groups is 1. The normalized spacial score (nSPS) is 20.2. The maximum absolute atomic E-state index is 13.3. The Hall–Kier alpha value is -3.96. The van der Waals surface area contributed by atoms with Gasteiger partial charge in [0.25, 0.3) is 5.91 Å². The van der Waals surface area contributed by atoms with E-state index in [4.69, 9.17) is 10.5 Å². The number of carbonyl (C=O) groups excluding carboxylic acids is 1. The minimum absolute atomic E-state index is 0.180. The topological polar surface area (TPSA) is 146 Å². The highest BCUT2D eigenvalue weighted by Gasteiger charge is 2.47. The number of imidazole rings is 1. The number of fused-ring (bicyclic) bond motifs is 1. The van der Waals surface area contributed by atoms with Gasteiger partial charge >= 0.3 is 0 Å². The number of hydrogen-bond donors (Lipinski definition) is 4. The Bertz CT molecular complexity index is 1310. The van der Waals surface area contributed by atoms with Gasteiger partial charge in [-0.05, 0) is 32.9 Å². The molecule has 0 unspecified atom stereocenters. The molecular weight excluding hydrogens is 484 g/mol. The molecule has 1 aromatic carbocycles. The number of aromatic nitrogens is 4. The van der Waals surface area contributed by atoms with Crippen LogP contribution in [0.1, 0.15) is 37.9 Å². The third-order valence-electron chi connectivity index (χ3n) is 7.46. The molecule has 4 heterocycles. The predicted molar refractivity (Wildman–Crippen MR) is 144 cm³/mol. The number of nitrogens with two attached hydrogens (primary N) is 1. The standard InChI is InChI=1S/C27H34N8O3/c1-26(2,37)27(3)13-18-11-21(33-25(36)20(14-28)24-30-5-4-6-31-24)22(12-23(18)38-27)35-9-7-34(8-10-35)16-19-15-29-17-32-19/h4-6,11-12,14-15,17,37H,7-10,13,16,28H2,1-3H3,(H,29,32)(H,33,36)/t27-/m1/s1. The molecule has 11 nitrogen and oxygen atoms in total. The summed E-state index contributed by atoms with van der Waals surface area (Å²) in [6.07, 6.45) is 8.40. The summed E-state index contributed by atoms with van der Waals surface area (Å²) in [6, 6.07) is 5.59. The van der Waals surface area contributed by atoms with Crippen molar-refractivity contribution in [3.63, 3.8) is 0 Å². The van der Waals surface area contributed by atoms with Gasteiger partial charge in [-0.3, -0.25) is 9.69 Å². The molecule has 5 rings (SSSR count). The van der Waals surface area contributed by atoms with Crippen molar-refractivity contribution in [3.8, 4) is 5.75 Å². The average molecular weight is 519 g/mol. The van der Waals surface area contributed by atoms with Gasteiger partial charge < -0.3 is 30.8 Å². The third kappa shape index (κ3) is 5.07. The molecule has 2 aliphatic heterocycles. The van der Waals surface area contributed by atoms with Crippen LogP contribution in [0.4, 0.5) is 11.4 Å². The van der Waals surface area contributed by atoms with Crippen LogP contribution in [0.2, 0.25) is 0 Å². The van der Waals surface area contributed by atoms with E-state index in [0.29, 0.717) is 17.9 Å². The molecular formula is C27H34N8O3. The lowest BCUT2D eigenvalue weighted by atomic mass is 9.84. The first-order valence-electron chi connectivity index (χ1n) is 12.7. The van der Waals surface area contributed by atoms with Gasteiger partial charge in [0.1, 0.15) is 11.4 Å². The second-order valence-corrected chi connectivity index (χ2v) is 10.5. The number of rotatable bonds is 7. The Kier molecular flexibility index (Phi) is 6.80. The predicted octanol–water partition coefficient (Wildman–Crippen LogP) is 1.92. The molecule has 1 amide bonds. The summed E-state index contributed by atoms with van der Waals surface area (Å²) >= 11 is 0. The van der Waals surface area contributed by atoms with Crippen molar-refractivity contribution in [3.05, 3.63) is 66.4 Å². The third-order valence-corrected chi connectivity index (χ3v) is 7.46. The number of aliphatic hydroxyl groups is 1. The minimum atomic E-state index is -1.06. The van der Waals surface area contributed by atoms with E-state index >= 15 is 0 Å². The van der Waals surface area contributed by atoms with E-state index in [9.17, 15) is 9.90 Å². The van der Waals surface area contributed by atoms with Crippen molar-refractivity contribution in [2.24, 2.45) is 5.73 Å². The van der Waals surface area contributed by atoms with Gasteiger partial charge in [-0.1, -0.05) is 0 Å². The molecule has 2 aromatic heterocycles. The lowest BCUT2D eigenvalue weighted by molar-refractivity contribution is -0.111. The molecule has 1 atom stereocenters. The maximum atomic E-state index is 13.3. The molecule has 3 aromatic rings. The van der Waals surface area contributed by atoms with Crippen molar-refractivity contribution in [1.82, 2.24) is 24.8 Å². The van der Waals surface area contributed by atoms with Gasteiger partial charge in [-0.25, -0.2) is 15.0 Å². The van der Waals surface area contributed by atoms with E-state index < -0.39 is 17.1 Å². The Morgan fingerprint density at radius 3 is 2.63 bits per heavy atom. The summed E-state index contributed by atoms with van der Waals surface area (Å²) in [6.45, 7) is 9.42. The number of amides is 1. The zero-order valence-corrected chi connectivity index (χ0v) is 21.9. The molecule has 11 heteroatoms. The zero-order valence-electron chi connectivity index (χ0n) is 21.9. The molecule has 1 saturated heterocycles. The first-order valence-corrected chi connectivity index (χ1v) is 12.7. The lowest BCUT2D eigenvalue weighted by Gasteiger charge is -2.37. The summed E-state index contributed by atoms with van der Waals surface area (Å²) in [7, 11) is 0. The number of anilines is 2. The number of nitrogens with one attached hydrogen (secondary N) is 2.